The van der Waals surface area contributed by atoms with Crippen LogP contribution < -0.4 is 0 Å². The van der Waals surface area contributed by atoms with Crippen LogP contribution >= 0.6 is 15.9 Å². The summed E-state index contributed by atoms with van der Waals surface area (Å²) in [6, 6.07) is 3.96. The molecule has 2 N–H and O–H groups in total. The molecule has 1 aliphatic heterocycles. The van der Waals surface area contributed by atoms with E-state index in [1.807, 2.05) is 0 Å². The number of carboxylic acids is 1. The summed E-state index contributed by atoms with van der Waals surface area (Å²) in [6.45, 7) is 0.599. The summed E-state index contributed by atoms with van der Waals surface area (Å²) in [5.41, 5.74) is -0.0909. The Labute approximate surface area is 131 Å². The van der Waals surface area contributed by atoms with E-state index in [1.165, 1.54) is 16.4 Å². The fourth-order valence-corrected chi connectivity index (χ4v) is 4.37. The molecular weight excluding hydrogens is 362 g/mol. The first-order chi connectivity index (χ1) is 9.86. The summed E-state index contributed by atoms with van der Waals surface area (Å²) in [4.78, 5) is 11.1. The van der Waals surface area contributed by atoms with Crippen LogP contribution in [0.25, 0.3) is 0 Å². The highest BCUT2D eigenvalue weighted by molar-refractivity contribution is 9.10. The van der Waals surface area contributed by atoms with E-state index < -0.39 is 16.0 Å². The van der Waals surface area contributed by atoms with Crippen molar-refractivity contribution in [2.75, 3.05) is 19.7 Å². The lowest BCUT2D eigenvalue weighted by molar-refractivity contribution is 0.0695. The lowest BCUT2D eigenvalue weighted by atomic mass is 10.0. The van der Waals surface area contributed by atoms with Gasteiger partial charge in [-0.05, 0) is 52.9 Å². The van der Waals surface area contributed by atoms with Crippen LogP contribution in [0.5, 0.6) is 0 Å². The number of aliphatic hydroxyl groups excluding tert-OH is 1. The molecule has 1 saturated heterocycles. The zero-order valence-corrected chi connectivity index (χ0v) is 13.6. The SMILES string of the molecule is O=C(O)c1cc(S(=O)(=O)N2CCCC(CO)C2)ccc1Br. The maximum absolute atomic E-state index is 12.6. The zero-order chi connectivity index (χ0) is 15.6. The Morgan fingerprint density at radius 2 is 2.14 bits per heavy atom. The van der Waals surface area contributed by atoms with Gasteiger partial charge in [0.1, 0.15) is 0 Å². The summed E-state index contributed by atoms with van der Waals surface area (Å²) in [5, 5.41) is 18.3. The van der Waals surface area contributed by atoms with E-state index in [1.54, 1.807) is 0 Å². The Morgan fingerprint density at radius 1 is 1.43 bits per heavy atom. The maximum atomic E-state index is 12.6. The Balaban J connectivity index is 2.35. The summed E-state index contributed by atoms with van der Waals surface area (Å²) in [5.74, 6) is -1.26. The van der Waals surface area contributed by atoms with Gasteiger partial charge in [0.2, 0.25) is 10.0 Å². The fraction of sp³-hybridized carbons (Fsp3) is 0.462. The highest BCUT2D eigenvalue weighted by Crippen LogP contribution is 2.26. The van der Waals surface area contributed by atoms with E-state index in [0.29, 0.717) is 17.4 Å². The number of carboxylic acid groups (broad SMARTS) is 1. The second-order valence-electron chi connectivity index (χ2n) is 5.00. The van der Waals surface area contributed by atoms with E-state index in [0.717, 1.165) is 12.5 Å². The van der Waals surface area contributed by atoms with Crippen molar-refractivity contribution in [1.29, 1.82) is 0 Å². The number of aromatic carboxylic acids is 1. The molecule has 8 heteroatoms. The molecule has 0 amide bonds. The smallest absolute Gasteiger partial charge is 0.336 e. The molecule has 2 rings (SSSR count). The average Bonchev–Trinajstić information content (AvgIpc) is 2.47. The van der Waals surface area contributed by atoms with Crippen LogP contribution in [-0.4, -0.2) is 48.6 Å². The van der Waals surface area contributed by atoms with Crippen molar-refractivity contribution in [1.82, 2.24) is 4.31 Å². The van der Waals surface area contributed by atoms with Crippen LogP contribution in [0.2, 0.25) is 0 Å². The molecule has 1 aromatic carbocycles. The molecule has 1 fully saturated rings. The number of halogens is 1. The number of aliphatic hydroxyl groups is 1. The second kappa shape index (κ2) is 6.43. The van der Waals surface area contributed by atoms with Crippen molar-refractivity contribution in [2.24, 2.45) is 5.92 Å². The summed E-state index contributed by atoms with van der Waals surface area (Å²) in [7, 11) is -3.74. The van der Waals surface area contributed by atoms with Gasteiger partial charge in [0.15, 0.2) is 0 Å². The van der Waals surface area contributed by atoms with E-state index in [9.17, 15) is 18.3 Å². The minimum atomic E-state index is -3.74. The Kier molecular flexibility index (Phi) is 5.03. The zero-order valence-electron chi connectivity index (χ0n) is 11.2. The van der Waals surface area contributed by atoms with Gasteiger partial charge < -0.3 is 10.2 Å². The molecule has 0 bridgehead atoms. The van der Waals surface area contributed by atoms with Gasteiger partial charge in [-0.1, -0.05) is 0 Å². The number of rotatable bonds is 4. The van der Waals surface area contributed by atoms with Crippen molar-refractivity contribution in [3.05, 3.63) is 28.2 Å². The molecule has 0 aliphatic carbocycles. The van der Waals surface area contributed by atoms with Crippen LogP contribution in [0.15, 0.2) is 27.6 Å². The molecule has 1 aliphatic rings. The third-order valence-electron chi connectivity index (χ3n) is 3.55. The summed E-state index contributed by atoms with van der Waals surface area (Å²) >= 11 is 3.09. The molecule has 1 atom stereocenters. The fourth-order valence-electron chi connectivity index (χ4n) is 2.37. The molecule has 0 aromatic heterocycles. The van der Waals surface area contributed by atoms with E-state index in [4.69, 9.17) is 5.11 Å². The van der Waals surface area contributed by atoms with E-state index in [-0.39, 0.29) is 29.5 Å². The average molecular weight is 378 g/mol. The van der Waals surface area contributed by atoms with Gasteiger partial charge in [-0.3, -0.25) is 0 Å². The minimum Gasteiger partial charge on any atom is -0.478 e. The number of nitrogens with zero attached hydrogens (tertiary/aromatic N) is 1. The first kappa shape index (κ1) is 16.4. The molecule has 0 saturated carbocycles. The van der Waals surface area contributed by atoms with Gasteiger partial charge in [0.25, 0.3) is 0 Å². The highest BCUT2D eigenvalue weighted by atomic mass is 79.9. The van der Waals surface area contributed by atoms with Crippen molar-refractivity contribution in [3.63, 3.8) is 0 Å². The number of carbonyl (C=O) groups is 1. The third-order valence-corrected chi connectivity index (χ3v) is 6.10. The van der Waals surface area contributed by atoms with Crippen LogP contribution in [0.4, 0.5) is 0 Å². The summed E-state index contributed by atoms with van der Waals surface area (Å²) < 4.78 is 26.8. The predicted octanol–water partition coefficient (Wildman–Crippen LogP) is 1.54. The second-order valence-corrected chi connectivity index (χ2v) is 7.79. The largest absolute Gasteiger partial charge is 0.478 e. The molecule has 0 spiro atoms. The standard InChI is InChI=1S/C13H16BrNO5S/c14-12-4-3-10(6-11(12)13(17)18)21(19,20)15-5-1-2-9(7-15)8-16/h3-4,6,9,16H,1-2,5,7-8H2,(H,17,18). The molecule has 1 unspecified atom stereocenters. The van der Waals surface area contributed by atoms with Crippen LogP contribution in [0, 0.1) is 5.92 Å². The van der Waals surface area contributed by atoms with Gasteiger partial charge >= 0.3 is 5.97 Å². The van der Waals surface area contributed by atoms with Crippen LogP contribution in [0.1, 0.15) is 23.2 Å². The normalized spacial score (nSPS) is 20.4. The van der Waals surface area contributed by atoms with Crippen molar-refractivity contribution < 1.29 is 23.4 Å². The Hall–Kier alpha value is -0.960. The maximum Gasteiger partial charge on any atom is 0.336 e. The summed E-state index contributed by atoms with van der Waals surface area (Å²) in [6.07, 6.45) is 1.48. The van der Waals surface area contributed by atoms with Gasteiger partial charge in [-0.25, -0.2) is 13.2 Å². The Bertz CT molecular complexity index is 646. The van der Waals surface area contributed by atoms with Crippen molar-refractivity contribution in [2.45, 2.75) is 17.7 Å². The highest BCUT2D eigenvalue weighted by Gasteiger charge is 2.30. The minimum absolute atomic E-state index is 0.0401. The Morgan fingerprint density at radius 3 is 2.76 bits per heavy atom. The third kappa shape index (κ3) is 3.45. The molecule has 21 heavy (non-hydrogen) atoms. The number of piperidine rings is 1. The van der Waals surface area contributed by atoms with E-state index in [2.05, 4.69) is 15.9 Å². The number of sulfonamides is 1. The number of hydrogen-bond acceptors (Lipinski definition) is 4. The van der Waals surface area contributed by atoms with Crippen molar-refractivity contribution in [3.8, 4) is 0 Å². The molecular formula is C13H16BrNO5S. The number of hydrogen-bond donors (Lipinski definition) is 2. The quantitative estimate of drug-likeness (QED) is 0.829. The van der Waals surface area contributed by atoms with Crippen LogP contribution in [0.3, 0.4) is 0 Å². The lowest BCUT2D eigenvalue weighted by Crippen LogP contribution is -2.40. The van der Waals surface area contributed by atoms with Crippen molar-refractivity contribution >= 4 is 31.9 Å². The number of benzene rings is 1. The molecule has 6 nitrogen and oxygen atoms in total. The first-order valence-electron chi connectivity index (χ1n) is 6.50. The monoisotopic (exact) mass is 377 g/mol. The topological polar surface area (TPSA) is 94.9 Å². The lowest BCUT2D eigenvalue weighted by Gasteiger charge is -2.31. The van der Waals surface area contributed by atoms with E-state index >= 15 is 0 Å². The molecule has 1 heterocycles. The molecule has 116 valence electrons. The van der Waals surface area contributed by atoms with Gasteiger partial charge in [0, 0.05) is 24.2 Å². The molecule has 0 radical (unpaired) electrons. The van der Waals surface area contributed by atoms with Gasteiger partial charge in [0.05, 0.1) is 10.5 Å². The van der Waals surface area contributed by atoms with Gasteiger partial charge in [-0.15, -0.1) is 0 Å². The van der Waals surface area contributed by atoms with Gasteiger partial charge in [-0.2, -0.15) is 4.31 Å². The van der Waals surface area contributed by atoms with Crippen LogP contribution in [-0.2, 0) is 10.0 Å². The first-order valence-corrected chi connectivity index (χ1v) is 8.73. The predicted molar refractivity (Wildman–Crippen MR) is 79.7 cm³/mol. The molecule has 1 aromatic rings.